The maximum absolute atomic E-state index is 14.9. The molecular weight excluding hydrogens is 609 g/mol. The van der Waals surface area contributed by atoms with Gasteiger partial charge in [-0.05, 0) is 29.8 Å². The summed E-state index contributed by atoms with van der Waals surface area (Å²) in [6.45, 7) is 0. The van der Waals surface area contributed by atoms with Crippen LogP contribution in [0.5, 0.6) is 0 Å². The molecule has 3 aromatic carbocycles. The maximum Gasteiger partial charge on any atom is 0.460 e. The summed E-state index contributed by atoms with van der Waals surface area (Å²) in [6.07, 6.45) is -7.45. The van der Waals surface area contributed by atoms with Gasteiger partial charge in [-0.1, -0.05) is 77.0 Å². The minimum atomic E-state index is -7.92. The third-order valence-electron chi connectivity index (χ3n) is 5.49. The first-order valence-corrected chi connectivity index (χ1v) is 13.9. The minimum Gasteiger partial charge on any atom is -0.206 e. The maximum atomic E-state index is 14.9. The first-order valence-electron chi connectivity index (χ1n) is 10.7. The average molecular weight is 627 g/mol. The molecule has 3 nitrogen and oxygen atoms in total. The van der Waals surface area contributed by atoms with Gasteiger partial charge < -0.3 is 0 Å². The first-order chi connectivity index (χ1) is 18.2. The van der Waals surface area contributed by atoms with E-state index >= 15 is 0 Å². The van der Waals surface area contributed by atoms with Crippen molar-refractivity contribution in [2.75, 3.05) is 0 Å². The van der Waals surface area contributed by atoms with Crippen molar-refractivity contribution < 1.29 is 60.3 Å². The van der Waals surface area contributed by atoms with Crippen LogP contribution in [0.15, 0.2) is 101 Å². The number of hydrogen-bond acceptors (Lipinski definition) is 3. The standard InChI is InChI=1S/C24H17F11O3S2/c25-20(26,21(27,28)23(31,32)33)22(29,30)24(34,35)40(36,37)38-39(18-12-6-2-7-13-18,19-14-8-3-9-15-19)16-17-10-4-1-5-11-17/h1-15H,16H2. The minimum absolute atomic E-state index is 0.185. The van der Waals surface area contributed by atoms with Crippen molar-refractivity contribution in [2.45, 2.75) is 44.7 Å². The quantitative estimate of drug-likeness (QED) is 0.212. The van der Waals surface area contributed by atoms with Crippen LogP contribution in [0.25, 0.3) is 0 Å². The van der Waals surface area contributed by atoms with Crippen LogP contribution >= 0.6 is 10.3 Å². The molecule has 0 heterocycles. The van der Waals surface area contributed by atoms with Gasteiger partial charge in [0.1, 0.15) is 0 Å². The lowest BCUT2D eigenvalue weighted by Crippen LogP contribution is -2.68. The fraction of sp³-hybridized carbons (Fsp3) is 0.250. The zero-order valence-corrected chi connectivity index (χ0v) is 21.2. The summed E-state index contributed by atoms with van der Waals surface area (Å²) >= 11 is 0. The van der Waals surface area contributed by atoms with Gasteiger partial charge in [-0.2, -0.15) is 56.7 Å². The fourth-order valence-corrected chi connectivity index (χ4v) is 8.69. The molecule has 0 aliphatic heterocycles. The first kappa shape index (κ1) is 31.7. The highest BCUT2D eigenvalue weighted by molar-refractivity contribution is 8.32. The average Bonchev–Trinajstić information content (AvgIpc) is 2.88. The molecule has 0 saturated carbocycles. The highest BCUT2D eigenvalue weighted by Gasteiger charge is 2.90. The van der Waals surface area contributed by atoms with Crippen LogP contribution in [0.4, 0.5) is 48.3 Å². The van der Waals surface area contributed by atoms with E-state index in [4.69, 9.17) is 3.63 Å². The third-order valence-corrected chi connectivity index (χ3v) is 10.8. The molecular formula is C24H17F11O3S2. The van der Waals surface area contributed by atoms with Gasteiger partial charge in [0, 0.05) is 15.5 Å². The molecule has 0 bridgehead atoms. The Kier molecular flexibility index (Phi) is 8.33. The molecule has 0 aliphatic rings. The van der Waals surface area contributed by atoms with Gasteiger partial charge in [0.2, 0.25) is 0 Å². The number of alkyl halides is 11. The predicted octanol–water partition coefficient (Wildman–Crippen LogP) is 8.43. The van der Waals surface area contributed by atoms with Crippen LogP contribution < -0.4 is 0 Å². The van der Waals surface area contributed by atoms with Crippen LogP contribution in [-0.4, -0.2) is 37.6 Å². The lowest BCUT2D eigenvalue weighted by atomic mass is 10.0. The lowest BCUT2D eigenvalue weighted by molar-refractivity contribution is -0.413. The van der Waals surface area contributed by atoms with Crippen LogP contribution in [0.1, 0.15) is 5.56 Å². The van der Waals surface area contributed by atoms with Crippen molar-refractivity contribution in [1.82, 2.24) is 0 Å². The second-order valence-corrected chi connectivity index (χ2v) is 12.7. The third kappa shape index (κ3) is 5.16. The van der Waals surface area contributed by atoms with Crippen molar-refractivity contribution in [3.05, 3.63) is 96.6 Å². The van der Waals surface area contributed by atoms with E-state index in [0.717, 1.165) is 24.3 Å². The SMILES string of the molecule is O=S(=O)(OS(Cc1ccccc1)(c1ccccc1)c1ccccc1)C(F)(F)C(F)(F)C(F)(F)C(F)(F)C(F)(F)F. The van der Waals surface area contributed by atoms with Gasteiger partial charge in [0.25, 0.3) is 0 Å². The normalized spacial score (nSPS) is 14.7. The molecule has 0 fully saturated rings. The van der Waals surface area contributed by atoms with Crippen molar-refractivity contribution in [1.29, 1.82) is 0 Å². The molecule has 0 saturated heterocycles. The van der Waals surface area contributed by atoms with E-state index in [2.05, 4.69) is 0 Å². The van der Waals surface area contributed by atoms with Crippen molar-refractivity contribution in [2.24, 2.45) is 0 Å². The zero-order chi connectivity index (χ0) is 30.3. The van der Waals surface area contributed by atoms with Gasteiger partial charge >= 0.3 is 39.3 Å². The summed E-state index contributed by atoms with van der Waals surface area (Å²) in [4.78, 5) is -0.416. The lowest BCUT2D eigenvalue weighted by Gasteiger charge is -2.42. The largest absolute Gasteiger partial charge is 0.460 e. The van der Waals surface area contributed by atoms with Gasteiger partial charge in [-0.15, -0.1) is 0 Å². The zero-order valence-electron chi connectivity index (χ0n) is 19.6. The van der Waals surface area contributed by atoms with Gasteiger partial charge in [-0.25, -0.2) is 3.63 Å². The Morgan fingerprint density at radius 1 is 0.525 bits per heavy atom. The summed E-state index contributed by atoms with van der Waals surface area (Å²) in [7, 11) is -11.4. The molecule has 16 heteroatoms. The summed E-state index contributed by atoms with van der Waals surface area (Å²) in [5.41, 5.74) is 0.185. The molecule has 0 radical (unpaired) electrons. The van der Waals surface area contributed by atoms with E-state index in [1.54, 1.807) is 0 Å². The van der Waals surface area contributed by atoms with Crippen molar-refractivity contribution in [3.63, 3.8) is 0 Å². The van der Waals surface area contributed by atoms with E-state index in [1.807, 2.05) is 0 Å². The molecule has 0 unspecified atom stereocenters. The summed E-state index contributed by atoms with van der Waals surface area (Å²) in [5.74, 6) is -24.1. The molecule has 0 atom stereocenters. The molecule has 0 spiro atoms. The van der Waals surface area contributed by atoms with Crippen LogP contribution in [0.3, 0.4) is 0 Å². The van der Waals surface area contributed by atoms with E-state index in [9.17, 15) is 56.7 Å². The molecule has 3 rings (SSSR count). The smallest absolute Gasteiger partial charge is 0.206 e. The summed E-state index contributed by atoms with van der Waals surface area (Å²) < 4.78 is 181. The number of hydrogen-bond donors (Lipinski definition) is 0. The van der Waals surface area contributed by atoms with Gasteiger partial charge in [0.05, 0.1) is 0 Å². The number of halogens is 11. The number of rotatable bonds is 10. The molecule has 3 aromatic rings. The Balaban J connectivity index is 2.27. The van der Waals surface area contributed by atoms with E-state index < -0.39 is 55.4 Å². The highest BCUT2D eigenvalue weighted by Crippen LogP contribution is 2.68. The predicted molar refractivity (Wildman–Crippen MR) is 123 cm³/mol. The summed E-state index contributed by atoms with van der Waals surface area (Å²) in [5, 5.41) is -7.28. The molecule has 0 N–H and O–H groups in total. The number of benzene rings is 3. The molecule has 0 aromatic heterocycles. The van der Waals surface area contributed by atoms with Crippen LogP contribution in [0, 0.1) is 0 Å². The Labute approximate surface area is 222 Å². The molecule has 0 aliphatic carbocycles. The van der Waals surface area contributed by atoms with Crippen LogP contribution in [0.2, 0.25) is 0 Å². The topological polar surface area (TPSA) is 43.4 Å². The van der Waals surface area contributed by atoms with Gasteiger partial charge in [0.15, 0.2) is 0 Å². The monoisotopic (exact) mass is 626 g/mol. The second-order valence-electron chi connectivity index (χ2n) is 8.19. The van der Waals surface area contributed by atoms with Crippen LogP contribution in [-0.2, 0) is 19.5 Å². The highest BCUT2D eigenvalue weighted by atomic mass is 32.3. The van der Waals surface area contributed by atoms with E-state index in [1.165, 1.54) is 66.7 Å². The van der Waals surface area contributed by atoms with E-state index in [0.29, 0.717) is 0 Å². The fourth-order valence-electron chi connectivity index (χ4n) is 3.41. The van der Waals surface area contributed by atoms with Crippen molar-refractivity contribution in [3.8, 4) is 0 Å². The molecule has 40 heavy (non-hydrogen) atoms. The van der Waals surface area contributed by atoms with E-state index in [-0.39, 0.29) is 15.4 Å². The Hall–Kier alpha value is -2.85. The molecule has 0 amide bonds. The van der Waals surface area contributed by atoms with Crippen molar-refractivity contribution >= 4 is 20.4 Å². The molecule has 220 valence electrons. The summed E-state index contributed by atoms with van der Waals surface area (Å²) in [6, 6.07) is 19.7. The second kappa shape index (κ2) is 10.5. The Morgan fingerprint density at radius 2 is 0.900 bits per heavy atom. The Bertz CT molecular complexity index is 1360. The Morgan fingerprint density at radius 3 is 1.27 bits per heavy atom. The van der Waals surface area contributed by atoms with Gasteiger partial charge in [-0.3, -0.25) is 0 Å².